The molecule has 0 unspecified atom stereocenters. The van der Waals surface area contributed by atoms with E-state index >= 15 is 0 Å². The molecule has 0 atom stereocenters. The molecule has 9 nitrogen and oxygen atoms in total. The Morgan fingerprint density at radius 3 is 2.28 bits per heavy atom. The number of rotatable bonds is 5. The van der Waals surface area contributed by atoms with Gasteiger partial charge in [0.25, 0.3) is 5.91 Å². The molecule has 1 amide bonds. The Morgan fingerprint density at radius 1 is 1.00 bits per heavy atom. The number of carbonyl (C=O) groups excluding carboxylic acids is 1. The van der Waals surface area contributed by atoms with Crippen molar-refractivity contribution in [2.75, 3.05) is 0 Å². The van der Waals surface area contributed by atoms with Crippen LogP contribution in [0.2, 0.25) is 0 Å². The molecule has 148 valence electrons. The third-order valence-corrected chi connectivity index (χ3v) is 5.99. The number of hydrogen-bond donors (Lipinski definition) is 3. The number of aliphatic imine (C=N–C) groups is 1. The summed E-state index contributed by atoms with van der Waals surface area (Å²) in [5.41, 5.74) is 0.420. The van der Waals surface area contributed by atoms with Gasteiger partial charge in [-0.05, 0) is 12.1 Å². The van der Waals surface area contributed by atoms with Gasteiger partial charge in [0.05, 0.1) is 28.9 Å². The zero-order chi connectivity index (χ0) is 20.8. The number of carbonyl (C=O) groups is 1. The molecule has 3 aromatic rings. The lowest BCUT2D eigenvalue weighted by Crippen LogP contribution is -2.17. The quantitative estimate of drug-likeness (QED) is 0.315. The van der Waals surface area contributed by atoms with E-state index in [1.165, 1.54) is 6.07 Å². The van der Waals surface area contributed by atoms with Gasteiger partial charge in [-0.3, -0.25) is 4.79 Å². The van der Waals surface area contributed by atoms with Gasteiger partial charge in [0.1, 0.15) is 10.6 Å². The minimum Gasteiger partial charge on any atom is -0.507 e. The van der Waals surface area contributed by atoms with Crippen LogP contribution in [-0.2, 0) is 19.3 Å². The van der Waals surface area contributed by atoms with Crippen LogP contribution >= 0.6 is 12.0 Å². The smallest absolute Gasteiger partial charge is 0.279 e. The van der Waals surface area contributed by atoms with Crippen molar-refractivity contribution in [1.29, 1.82) is 0 Å². The highest BCUT2D eigenvalue weighted by Crippen LogP contribution is 2.41. The van der Waals surface area contributed by atoms with Gasteiger partial charge in [0.2, 0.25) is 10.0 Å². The van der Waals surface area contributed by atoms with Crippen molar-refractivity contribution in [1.82, 2.24) is 0 Å². The summed E-state index contributed by atoms with van der Waals surface area (Å²) in [4.78, 5) is 21.0. The minimum atomic E-state index is -4.28. The average Bonchev–Trinajstić information content (AvgIpc) is 3.03. The van der Waals surface area contributed by atoms with Gasteiger partial charge in [-0.15, -0.1) is 9.32 Å². The second-order valence-electron chi connectivity index (χ2n) is 6.06. The fourth-order valence-corrected chi connectivity index (χ4v) is 4.59. The van der Waals surface area contributed by atoms with Crippen LogP contribution in [-0.4, -0.2) is 25.1 Å². The van der Waals surface area contributed by atoms with Gasteiger partial charge in [-0.2, -0.15) is 5.90 Å². The van der Waals surface area contributed by atoms with E-state index in [1.54, 1.807) is 42.5 Å². The monoisotopic (exact) mass is 431 g/mol. The molecule has 11 heteroatoms. The molecule has 1 aliphatic rings. The van der Waals surface area contributed by atoms with Crippen molar-refractivity contribution in [2.45, 2.75) is 9.79 Å². The molecule has 0 bridgehead atoms. The number of benzene rings is 3. The van der Waals surface area contributed by atoms with Gasteiger partial charge >= 0.3 is 0 Å². The number of nitrogens with zero attached hydrogens (tertiary/aromatic N) is 1. The standard InChI is InChI=1S/C18H13N3O6S2/c19-26-27-28-10-7-5-9(6-8-10)15-13-14(18(23)21-15)17(29(20,24)25)12-4-2-1-3-11(12)16(13)22/h1-8,22H,19H2,(H2,20,24,25). The Kier molecular flexibility index (Phi) is 4.86. The predicted molar refractivity (Wildman–Crippen MR) is 106 cm³/mol. The molecule has 1 heterocycles. The lowest BCUT2D eigenvalue weighted by Gasteiger charge is -2.14. The molecule has 0 radical (unpaired) electrons. The number of hydrogen-bond acceptors (Lipinski definition) is 8. The summed E-state index contributed by atoms with van der Waals surface area (Å²) in [7, 11) is -4.28. The normalized spacial score (nSPS) is 13.6. The largest absolute Gasteiger partial charge is 0.507 e. The van der Waals surface area contributed by atoms with Crippen molar-refractivity contribution in [2.24, 2.45) is 16.0 Å². The fourth-order valence-electron chi connectivity index (χ4n) is 3.27. The van der Waals surface area contributed by atoms with Gasteiger partial charge < -0.3 is 5.11 Å². The molecule has 1 aliphatic heterocycles. The minimum absolute atomic E-state index is 0.0275. The van der Waals surface area contributed by atoms with E-state index in [0.29, 0.717) is 10.5 Å². The lowest BCUT2D eigenvalue weighted by atomic mass is 9.94. The first-order valence-electron chi connectivity index (χ1n) is 8.07. The number of primary sulfonamides is 1. The summed E-state index contributed by atoms with van der Waals surface area (Å²) >= 11 is 0.869. The molecular weight excluding hydrogens is 418 g/mol. The summed E-state index contributed by atoms with van der Waals surface area (Å²) in [5.74, 6) is 3.76. The molecule has 0 saturated heterocycles. The molecule has 0 aliphatic carbocycles. The molecule has 0 saturated carbocycles. The topological polar surface area (TPSA) is 154 Å². The summed E-state index contributed by atoms with van der Waals surface area (Å²) < 4.78 is 29.2. The number of amides is 1. The molecule has 29 heavy (non-hydrogen) atoms. The number of phenols is 1. The van der Waals surface area contributed by atoms with Crippen molar-refractivity contribution >= 4 is 44.5 Å². The van der Waals surface area contributed by atoms with Crippen LogP contribution < -0.4 is 11.0 Å². The Bertz CT molecular complexity index is 1290. The van der Waals surface area contributed by atoms with Gasteiger partial charge in [0, 0.05) is 21.2 Å². The SMILES string of the molecule is NOOSc1ccc(C2=NC(=O)c3c2c(O)c2ccccc2c3S(N)(=O)=O)cc1. The van der Waals surface area contributed by atoms with E-state index in [-0.39, 0.29) is 38.3 Å². The van der Waals surface area contributed by atoms with E-state index < -0.39 is 15.9 Å². The zero-order valence-electron chi connectivity index (χ0n) is 14.5. The maximum Gasteiger partial charge on any atom is 0.279 e. The van der Waals surface area contributed by atoms with E-state index in [1.807, 2.05) is 0 Å². The summed E-state index contributed by atoms with van der Waals surface area (Å²) in [6, 6.07) is 12.8. The number of nitrogens with two attached hydrogens (primary N) is 2. The first kappa shape index (κ1) is 19.5. The van der Waals surface area contributed by atoms with Crippen molar-refractivity contribution < 1.29 is 27.6 Å². The molecule has 4 rings (SSSR count). The third kappa shape index (κ3) is 3.29. The van der Waals surface area contributed by atoms with Gasteiger partial charge in [0.15, 0.2) is 0 Å². The van der Waals surface area contributed by atoms with E-state index in [4.69, 9.17) is 11.0 Å². The molecule has 3 aromatic carbocycles. The Balaban J connectivity index is 1.95. The second kappa shape index (κ2) is 7.22. The summed E-state index contributed by atoms with van der Waals surface area (Å²) in [6.45, 7) is 0. The van der Waals surface area contributed by atoms with E-state index in [2.05, 4.69) is 14.3 Å². The second-order valence-corrected chi connectivity index (χ2v) is 8.33. The van der Waals surface area contributed by atoms with Crippen LogP contribution in [0, 0.1) is 0 Å². The first-order chi connectivity index (χ1) is 13.8. The maximum absolute atomic E-state index is 12.6. The average molecular weight is 431 g/mol. The predicted octanol–water partition coefficient (Wildman–Crippen LogP) is 2.01. The Morgan fingerprint density at radius 2 is 1.66 bits per heavy atom. The van der Waals surface area contributed by atoms with Crippen LogP contribution in [0.5, 0.6) is 5.75 Å². The number of aromatic hydroxyl groups is 1. The van der Waals surface area contributed by atoms with Gasteiger partial charge in [-0.1, -0.05) is 36.4 Å². The van der Waals surface area contributed by atoms with Crippen molar-refractivity contribution in [3.8, 4) is 5.75 Å². The van der Waals surface area contributed by atoms with Crippen LogP contribution in [0.1, 0.15) is 21.5 Å². The third-order valence-electron chi connectivity index (χ3n) is 4.39. The van der Waals surface area contributed by atoms with E-state index in [0.717, 1.165) is 12.0 Å². The highest BCUT2D eigenvalue weighted by atomic mass is 32.2. The van der Waals surface area contributed by atoms with Gasteiger partial charge in [-0.25, -0.2) is 18.5 Å². The maximum atomic E-state index is 12.6. The fraction of sp³-hybridized carbons (Fsp3) is 0. The number of fused-ring (bicyclic) bond motifs is 2. The van der Waals surface area contributed by atoms with Crippen LogP contribution in [0.25, 0.3) is 10.8 Å². The molecule has 0 spiro atoms. The summed E-state index contributed by atoms with van der Waals surface area (Å²) in [5, 5.41) is 16.7. The Hall–Kier alpha value is -2.80. The van der Waals surface area contributed by atoms with E-state index in [9.17, 15) is 18.3 Å². The highest BCUT2D eigenvalue weighted by Gasteiger charge is 2.36. The molecule has 0 fully saturated rings. The molecule has 5 N–H and O–H groups in total. The lowest BCUT2D eigenvalue weighted by molar-refractivity contribution is -0.195. The van der Waals surface area contributed by atoms with Crippen LogP contribution in [0.3, 0.4) is 0 Å². The summed E-state index contributed by atoms with van der Waals surface area (Å²) in [6.07, 6.45) is 0. The molecular formula is C18H13N3O6S2. The van der Waals surface area contributed by atoms with Crippen LogP contribution in [0.15, 0.2) is 63.3 Å². The van der Waals surface area contributed by atoms with Crippen molar-refractivity contribution in [3.63, 3.8) is 0 Å². The number of sulfonamides is 1. The zero-order valence-corrected chi connectivity index (χ0v) is 16.2. The number of phenolic OH excluding ortho intramolecular Hbond substituents is 1. The Labute approximate surface area is 169 Å². The molecule has 0 aromatic heterocycles. The first-order valence-corrected chi connectivity index (χ1v) is 10.4. The highest BCUT2D eigenvalue weighted by molar-refractivity contribution is 7.94. The van der Waals surface area contributed by atoms with Crippen LogP contribution in [0.4, 0.5) is 0 Å². The van der Waals surface area contributed by atoms with Crippen molar-refractivity contribution in [3.05, 3.63) is 65.2 Å².